The van der Waals surface area contributed by atoms with Crippen LogP contribution in [0.2, 0.25) is 0 Å². The zero-order valence-corrected chi connectivity index (χ0v) is 12.5. The summed E-state index contributed by atoms with van der Waals surface area (Å²) >= 11 is 5.75. The fraction of sp³-hybridized carbons (Fsp3) is 0.462. The molecule has 6 heteroatoms. The van der Waals surface area contributed by atoms with E-state index in [0.717, 1.165) is 11.1 Å². The van der Waals surface area contributed by atoms with E-state index in [1.54, 1.807) is 6.92 Å². The number of hydrogen-bond donors (Lipinski definition) is 0. The van der Waals surface area contributed by atoms with Crippen LogP contribution >= 0.6 is 11.6 Å². The molecule has 1 atom stereocenters. The maximum atomic E-state index is 12.2. The van der Waals surface area contributed by atoms with Crippen molar-refractivity contribution < 1.29 is 13.3 Å². The Bertz CT molecular complexity index is 595. The normalized spacial score (nSPS) is 23.0. The minimum Gasteiger partial charge on any atom is -0.387 e. The largest absolute Gasteiger partial charge is 0.387 e. The summed E-state index contributed by atoms with van der Waals surface area (Å²) in [6.45, 7) is 3.71. The quantitative estimate of drug-likeness (QED) is 0.807. The lowest BCUT2D eigenvalue weighted by molar-refractivity contribution is 0.0152. The van der Waals surface area contributed by atoms with Crippen LogP contribution in [0.4, 0.5) is 0 Å². The first-order valence-corrected chi connectivity index (χ1v) is 8.13. The van der Waals surface area contributed by atoms with Crippen LogP contribution in [0.5, 0.6) is 0 Å². The van der Waals surface area contributed by atoms with Crippen molar-refractivity contribution in [3.63, 3.8) is 0 Å². The summed E-state index contributed by atoms with van der Waals surface area (Å²) in [5.74, 6) is 0.147. The summed E-state index contributed by atoms with van der Waals surface area (Å²) in [4.78, 5) is 5.12. The van der Waals surface area contributed by atoms with Crippen molar-refractivity contribution in [1.29, 1.82) is 0 Å². The van der Waals surface area contributed by atoms with Gasteiger partial charge in [-0.05, 0) is 19.4 Å². The lowest BCUT2D eigenvalue weighted by Crippen LogP contribution is -2.28. The van der Waals surface area contributed by atoms with Crippen LogP contribution in [0, 0.1) is 6.92 Å². The maximum absolute atomic E-state index is 12.2. The number of halogens is 1. The molecule has 19 heavy (non-hydrogen) atoms. The smallest absolute Gasteiger partial charge is 0.199 e. The molecule has 1 aliphatic rings. The zero-order chi connectivity index (χ0) is 14.1. The Kier molecular flexibility index (Phi) is 3.87. The number of benzene rings is 1. The average Bonchev–Trinajstić information content (AvgIpc) is 2.76. The molecule has 0 aromatic heterocycles. The monoisotopic (exact) mass is 301 g/mol. The second-order valence-corrected chi connectivity index (χ2v) is 7.34. The predicted octanol–water partition coefficient (Wildman–Crippen LogP) is 2.64. The molecule has 1 unspecified atom stereocenters. The molecule has 0 N–H and O–H groups in total. The molecule has 1 aromatic rings. The van der Waals surface area contributed by atoms with Crippen molar-refractivity contribution in [2.75, 3.05) is 5.88 Å². The van der Waals surface area contributed by atoms with Crippen molar-refractivity contribution in [1.82, 2.24) is 0 Å². The van der Waals surface area contributed by atoms with Gasteiger partial charge in [0.05, 0.1) is 11.6 Å². The zero-order valence-electron chi connectivity index (χ0n) is 10.9. The van der Waals surface area contributed by atoms with E-state index in [9.17, 15) is 8.42 Å². The third-order valence-electron chi connectivity index (χ3n) is 3.01. The first-order chi connectivity index (χ1) is 8.85. The Morgan fingerprint density at radius 3 is 2.53 bits per heavy atom. The molecule has 104 valence electrons. The number of nitrogens with zero attached hydrogens (tertiary/aromatic N) is 1. The van der Waals surface area contributed by atoms with Gasteiger partial charge in [-0.15, -0.1) is 11.6 Å². The Balaban J connectivity index is 2.14. The number of aryl methyl sites for hydroxylation is 1. The van der Waals surface area contributed by atoms with Gasteiger partial charge in [0.25, 0.3) is 0 Å². The molecule has 1 heterocycles. The fourth-order valence-electron chi connectivity index (χ4n) is 1.77. The van der Waals surface area contributed by atoms with Gasteiger partial charge in [0.15, 0.2) is 20.5 Å². The van der Waals surface area contributed by atoms with E-state index in [1.807, 2.05) is 31.2 Å². The van der Waals surface area contributed by atoms with Crippen molar-refractivity contribution in [3.8, 4) is 0 Å². The lowest BCUT2D eigenvalue weighted by atomic mass is 10.1. The van der Waals surface area contributed by atoms with E-state index in [2.05, 4.69) is 5.16 Å². The molecule has 0 bridgehead atoms. The fourth-order valence-corrected chi connectivity index (χ4v) is 3.39. The second-order valence-electron chi connectivity index (χ2n) is 5.08. The van der Waals surface area contributed by atoms with Gasteiger partial charge < -0.3 is 4.84 Å². The minimum absolute atomic E-state index is 0.0617. The molecular formula is C13H16ClNO3S. The predicted molar refractivity (Wildman–Crippen MR) is 76.1 cm³/mol. The summed E-state index contributed by atoms with van der Waals surface area (Å²) in [7, 11) is -3.44. The minimum atomic E-state index is -3.44. The highest BCUT2D eigenvalue weighted by molar-refractivity contribution is 8.05. The topological polar surface area (TPSA) is 55.7 Å². The molecule has 0 saturated carbocycles. The Hall–Kier alpha value is -1.07. The molecule has 0 amide bonds. The Labute approximate surface area is 118 Å². The Morgan fingerprint density at radius 1 is 1.37 bits per heavy atom. The van der Waals surface area contributed by atoms with Crippen LogP contribution < -0.4 is 0 Å². The maximum Gasteiger partial charge on any atom is 0.199 e. The summed E-state index contributed by atoms with van der Waals surface area (Å²) in [6, 6.07) is 7.40. The highest BCUT2D eigenvalue weighted by Crippen LogP contribution is 2.28. The van der Waals surface area contributed by atoms with Crippen molar-refractivity contribution in [2.45, 2.75) is 31.6 Å². The molecule has 1 aliphatic heterocycles. The third kappa shape index (κ3) is 3.28. The number of alkyl halides is 1. The summed E-state index contributed by atoms with van der Waals surface area (Å²) < 4.78 is 24.5. The molecule has 4 nitrogen and oxygen atoms in total. The van der Waals surface area contributed by atoms with Crippen molar-refractivity contribution >= 4 is 26.5 Å². The van der Waals surface area contributed by atoms with E-state index >= 15 is 0 Å². The van der Waals surface area contributed by atoms with Crippen LogP contribution in [0.1, 0.15) is 24.5 Å². The third-order valence-corrected chi connectivity index (χ3v) is 5.23. The number of sulfone groups is 1. The molecule has 0 aliphatic carbocycles. The van der Waals surface area contributed by atoms with Gasteiger partial charge in [-0.1, -0.05) is 35.0 Å². The summed E-state index contributed by atoms with van der Waals surface area (Å²) in [5.41, 5.74) is 1.13. The summed E-state index contributed by atoms with van der Waals surface area (Å²) in [6.07, 6.45) is 0.227. The van der Waals surface area contributed by atoms with Gasteiger partial charge in [0, 0.05) is 6.42 Å². The van der Waals surface area contributed by atoms with Gasteiger partial charge in [-0.3, -0.25) is 0 Å². The van der Waals surface area contributed by atoms with Crippen LogP contribution in [0.25, 0.3) is 0 Å². The molecule has 0 radical (unpaired) electrons. The van der Waals surface area contributed by atoms with E-state index in [0.29, 0.717) is 0 Å². The average molecular weight is 302 g/mol. The van der Waals surface area contributed by atoms with Gasteiger partial charge in [0.1, 0.15) is 0 Å². The van der Waals surface area contributed by atoms with E-state index in [1.165, 1.54) is 0 Å². The second kappa shape index (κ2) is 5.13. The molecule has 0 spiro atoms. The number of rotatable bonds is 3. The van der Waals surface area contributed by atoms with Crippen LogP contribution in [0.3, 0.4) is 0 Å². The molecule has 0 fully saturated rings. The van der Waals surface area contributed by atoms with Gasteiger partial charge >= 0.3 is 0 Å². The first-order valence-electron chi connectivity index (χ1n) is 5.94. The van der Waals surface area contributed by atoms with Crippen LogP contribution in [0.15, 0.2) is 29.4 Å². The Morgan fingerprint density at radius 2 is 2.00 bits per heavy atom. The lowest BCUT2D eigenvalue weighted by Gasteiger charge is -2.16. The standard InChI is InChI=1S/C13H16ClNO3S/c1-10-3-5-11(6-4-10)8-19(16,17)12-7-13(2,9-14)18-15-12/h3-6H,7-9H2,1-2H3. The van der Waals surface area contributed by atoms with E-state index in [-0.39, 0.29) is 23.1 Å². The number of oxime groups is 1. The molecule has 0 saturated heterocycles. The van der Waals surface area contributed by atoms with Gasteiger partial charge in [-0.25, -0.2) is 8.42 Å². The van der Waals surface area contributed by atoms with Crippen LogP contribution in [-0.4, -0.2) is 24.9 Å². The highest BCUT2D eigenvalue weighted by Gasteiger charge is 2.38. The number of hydrogen-bond acceptors (Lipinski definition) is 4. The summed E-state index contributed by atoms with van der Waals surface area (Å²) in [5, 5.41) is 3.77. The van der Waals surface area contributed by atoms with Crippen molar-refractivity contribution in [3.05, 3.63) is 35.4 Å². The molecule has 1 aromatic carbocycles. The highest BCUT2D eigenvalue weighted by atomic mass is 35.5. The van der Waals surface area contributed by atoms with E-state index < -0.39 is 15.4 Å². The van der Waals surface area contributed by atoms with Gasteiger partial charge in [0.2, 0.25) is 0 Å². The first kappa shape index (κ1) is 14.3. The van der Waals surface area contributed by atoms with Gasteiger partial charge in [-0.2, -0.15) is 0 Å². The molecular weight excluding hydrogens is 286 g/mol. The van der Waals surface area contributed by atoms with Crippen LogP contribution in [-0.2, 0) is 20.4 Å². The molecule has 2 rings (SSSR count). The van der Waals surface area contributed by atoms with E-state index in [4.69, 9.17) is 16.4 Å². The SMILES string of the molecule is Cc1ccc(CS(=O)(=O)C2=NOC(C)(CCl)C2)cc1. The van der Waals surface area contributed by atoms with Crippen molar-refractivity contribution in [2.24, 2.45) is 5.16 Å².